The molecule has 0 saturated heterocycles. The molecular formula is C28H33N3O6Si. The molecule has 3 aromatic rings. The van der Waals surface area contributed by atoms with Crippen LogP contribution < -0.4 is 11.3 Å². The number of phenols is 1. The number of hydrogen-bond donors (Lipinski definition) is 2. The maximum absolute atomic E-state index is 13.7. The fourth-order valence-corrected chi connectivity index (χ4v) is 6.71. The smallest absolute Gasteiger partial charge is 0.355 e. The minimum atomic E-state index is -2.36. The van der Waals surface area contributed by atoms with E-state index in [2.05, 4.69) is 0 Å². The van der Waals surface area contributed by atoms with Gasteiger partial charge in [0.25, 0.3) is 5.56 Å². The van der Waals surface area contributed by atoms with Gasteiger partial charge in [-0.05, 0) is 41.8 Å². The number of esters is 2. The lowest BCUT2D eigenvalue weighted by Gasteiger charge is -2.42. The second-order valence-corrected chi connectivity index (χ2v) is 17.4. The molecule has 5 rings (SSSR count). The van der Waals surface area contributed by atoms with Crippen molar-refractivity contribution in [2.45, 2.75) is 76.7 Å². The van der Waals surface area contributed by atoms with E-state index < -0.39 is 31.3 Å². The first-order valence-electron chi connectivity index (χ1n) is 12.8. The summed E-state index contributed by atoms with van der Waals surface area (Å²) in [6, 6.07) is 8.52. The molecule has 0 saturated carbocycles. The van der Waals surface area contributed by atoms with E-state index in [9.17, 15) is 19.5 Å². The number of aromatic nitrogens is 2. The number of rotatable bonds is 4. The zero-order valence-electron chi connectivity index (χ0n) is 22.5. The van der Waals surface area contributed by atoms with Crippen LogP contribution in [-0.4, -0.2) is 40.3 Å². The predicted molar refractivity (Wildman–Crippen MR) is 145 cm³/mol. The Kier molecular flexibility index (Phi) is 5.84. The quantitative estimate of drug-likeness (QED) is 0.298. The van der Waals surface area contributed by atoms with Gasteiger partial charge < -0.3 is 24.9 Å². The van der Waals surface area contributed by atoms with Crippen LogP contribution >= 0.6 is 0 Å². The molecule has 4 heterocycles. The highest BCUT2D eigenvalue weighted by molar-refractivity contribution is 6.84. The van der Waals surface area contributed by atoms with Crippen molar-refractivity contribution in [3.63, 3.8) is 0 Å². The van der Waals surface area contributed by atoms with E-state index in [1.807, 2.05) is 39.9 Å². The molecule has 2 atom stereocenters. The summed E-state index contributed by atoms with van der Waals surface area (Å²) in [4.78, 5) is 45.2. The second kappa shape index (κ2) is 8.50. The van der Waals surface area contributed by atoms with Crippen LogP contribution in [0.3, 0.4) is 0 Å². The van der Waals surface area contributed by atoms with Gasteiger partial charge in [0, 0.05) is 16.5 Å². The number of aromatic hydroxyl groups is 1. The Morgan fingerprint density at radius 1 is 1.26 bits per heavy atom. The van der Waals surface area contributed by atoms with Gasteiger partial charge in [-0.2, -0.15) is 0 Å². The van der Waals surface area contributed by atoms with Crippen LogP contribution in [0.2, 0.25) is 18.1 Å². The number of fused-ring (bicyclic) bond motifs is 5. The van der Waals surface area contributed by atoms with Crippen LogP contribution in [0.5, 0.6) is 5.75 Å². The van der Waals surface area contributed by atoms with Crippen molar-refractivity contribution in [3.05, 3.63) is 57.4 Å². The maximum Gasteiger partial charge on any atom is 0.355 e. The molecule has 0 radical (unpaired) electrons. The zero-order chi connectivity index (χ0) is 27.8. The maximum atomic E-state index is 13.7. The molecule has 0 amide bonds. The lowest BCUT2D eigenvalue weighted by molar-refractivity contribution is -0.189. The Morgan fingerprint density at radius 2 is 1.97 bits per heavy atom. The van der Waals surface area contributed by atoms with Gasteiger partial charge in [-0.25, -0.2) is 9.78 Å². The summed E-state index contributed by atoms with van der Waals surface area (Å²) in [5, 5.41) is 10.4. The molecule has 2 aliphatic heterocycles. The number of nitrogens with two attached hydrogens (primary N) is 1. The van der Waals surface area contributed by atoms with E-state index in [0.29, 0.717) is 29.0 Å². The third-order valence-electron chi connectivity index (χ3n) is 8.70. The largest absolute Gasteiger partial charge is 0.508 e. The Balaban J connectivity index is 1.64. The average molecular weight is 536 g/mol. The van der Waals surface area contributed by atoms with E-state index in [1.165, 1.54) is 0 Å². The summed E-state index contributed by atoms with van der Waals surface area (Å²) in [5.41, 5.74) is 6.69. The van der Waals surface area contributed by atoms with Crippen molar-refractivity contribution < 1.29 is 24.2 Å². The number of pyridine rings is 2. The van der Waals surface area contributed by atoms with Crippen LogP contribution in [-0.2, 0) is 37.8 Å². The number of nitrogens with zero attached hydrogens (tertiary/aromatic N) is 2. The third-order valence-corrected chi connectivity index (χ3v) is 14.4. The molecular weight excluding hydrogens is 502 g/mol. The SMILES string of the molecule is CCC1(OC(=O)C(N)[Si](C)(C)C(C)(C)C)C(=O)OCc2c1cc1n(c2=O)Cc2cc3cc(O)ccc3nc2-1. The Labute approximate surface area is 221 Å². The van der Waals surface area contributed by atoms with Crippen molar-refractivity contribution >= 4 is 30.9 Å². The minimum Gasteiger partial charge on any atom is -0.508 e. The molecule has 0 fully saturated rings. The second-order valence-electron chi connectivity index (χ2n) is 11.8. The van der Waals surface area contributed by atoms with Gasteiger partial charge in [0.1, 0.15) is 12.4 Å². The molecule has 2 aliphatic rings. The number of carbonyl (C=O) groups excluding carboxylic acids is 2. The molecule has 0 spiro atoms. The van der Waals surface area contributed by atoms with E-state index in [-0.39, 0.29) is 34.9 Å². The number of cyclic esters (lactones) is 1. The van der Waals surface area contributed by atoms with Crippen LogP contribution in [0, 0.1) is 0 Å². The van der Waals surface area contributed by atoms with Crippen molar-refractivity contribution in [1.29, 1.82) is 0 Å². The number of benzene rings is 1. The Morgan fingerprint density at radius 3 is 2.63 bits per heavy atom. The molecule has 2 unspecified atom stereocenters. The third kappa shape index (κ3) is 3.69. The summed E-state index contributed by atoms with van der Waals surface area (Å²) in [6.45, 7) is 12.0. The number of ether oxygens (including phenoxy) is 2. The topological polar surface area (TPSA) is 134 Å². The number of hydrogen-bond acceptors (Lipinski definition) is 8. The van der Waals surface area contributed by atoms with Gasteiger partial charge >= 0.3 is 11.9 Å². The zero-order valence-corrected chi connectivity index (χ0v) is 23.5. The Bertz CT molecular complexity index is 1570. The first-order chi connectivity index (χ1) is 17.7. The fourth-order valence-electron chi connectivity index (χ4n) is 5.13. The molecule has 9 nitrogen and oxygen atoms in total. The van der Waals surface area contributed by atoms with Crippen molar-refractivity contribution in [1.82, 2.24) is 9.55 Å². The molecule has 0 bridgehead atoms. The number of phenolic OH excluding ortho intramolecular Hbond substituents is 1. The highest BCUT2D eigenvalue weighted by atomic mass is 28.3. The summed E-state index contributed by atoms with van der Waals surface area (Å²) in [7, 11) is -2.36. The fraction of sp³-hybridized carbons (Fsp3) is 0.429. The van der Waals surface area contributed by atoms with Crippen LogP contribution in [0.25, 0.3) is 22.3 Å². The summed E-state index contributed by atoms with van der Waals surface area (Å²) < 4.78 is 13.0. The lowest BCUT2D eigenvalue weighted by atomic mass is 9.85. The van der Waals surface area contributed by atoms with Gasteiger partial charge in [0.15, 0.2) is 0 Å². The molecule has 10 heteroatoms. The minimum absolute atomic E-state index is 0.0783. The van der Waals surface area contributed by atoms with Crippen LogP contribution in [0.15, 0.2) is 35.1 Å². The van der Waals surface area contributed by atoms with Gasteiger partial charge in [-0.15, -0.1) is 0 Å². The van der Waals surface area contributed by atoms with Crippen molar-refractivity contribution in [2.24, 2.45) is 5.73 Å². The molecule has 2 aromatic heterocycles. The highest BCUT2D eigenvalue weighted by Gasteiger charge is 2.53. The summed E-state index contributed by atoms with van der Waals surface area (Å²) in [5.74, 6) is -1.26. The van der Waals surface area contributed by atoms with E-state index in [1.54, 1.807) is 35.8 Å². The molecule has 200 valence electrons. The molecule has 1 aromatic carbocycles. The Hall–Kier alpha value is -3.50. The van der Waals surface area contributed by atoms with Crippen LogP contribution in [0.1, 0.15) is 50.8 Å². The first-order valence-corrected chi connectivity index (χ1v) is 15.8. The number of carbonyl (C=O) groups is 2. The highest BCUT2D eigenvalue weighted by Crippen LogP contribution is 2.43. The van der Waals surface area contributed by atoms with E-state index >= 15 is 0 Å². The van der Waals surface area contributed by atoms with Crippen molar-refractivity contribution in [3.8, 4) is 17.1 Å². The predicted octanol–water partition coefficient (Wildman–Crippen LogP) is 3.71. The normalized spacial score (nSPS) is 19.4. The van der Waals surface area contributed by atoms with E-state index in [0.717, 1.165) is 10.9 Å². The monoisotopic (exact) mass is 535 g/mol. The molecule has 38 heavy (non-hydrogen) atoms. The average Bonchev–Trinajstić information content (AvgIpc) is 3.21. The standard InChI is InChI=1S/C28H33N3O6Si/c1-7-28(37-25(34)23(29)38(5,6)27(2,3)4)19-12-21-22-16(10-15-11-17(32)8-9-20(15)30-22)13-31(21)24(33)18(19)14-36-26(28)35/h8-12,23,32H,7,13-14,29H2,1-6H3. The lowest BCUT2D eigenvalue weighted by Crippen LogP contribution is -2.60. The molecule has 3 N–H and O–H groups in total. The summed E-state index contributed by atoms with van der Waals surface area (Å²) >= 11 is 0. The summed E-state index contributed by atoms with van der Waals surface area (Å²) in [6.07, 6.45) is 0.0783. The van der Waals surface area contributed by atoms with Crippen molar-refractivity contribution in [2.75, 3.05) is 0 Å². The van der Waals surface area contributed by atoms with Crippen LogP contribution in [0.4, 0.5) is 0 Å². The van der Waals surface area contributed by atoms with Gasteiger partial charge in [0.05, 0.1) is 42.8 Å². The van der Waals surface area contributed by atoms with E-state index in [4.69, 9.17) is 20.2 Å². The van der Waals surface area contributed by atoms with Gasteiger partial charge in [-0.3, -0.25) is 9.59 Å². The molecule has 0 aliphatic carbocycles. The first kappa shape index (κ1) is 26.1. The van der Waals surface area contributed by atoms with Gasteiger partial charge in [0.2, 0.25) is 5.60 Å². The van der Waals surface area contributed by atoms with Gasteiger partial charge in [-0.1, -0.05) is 40.8 Å².